The van der Waals surface area contributed by atoms with Gasteiger partial charge in [0.15, 0.2) is 0 Å². The van der Waals surface area contributed by atoms with Gasteiger partial charge in [0.05, 0.1) is 6.61 Å². The number of nitrogens with one attached hydrogen (secondary N) is 3. The van der Waals surface area contributed by atoms with Crippen molar-refractivity contribution >= 4 is 23.2 Å². The molecule has 1 heterocycles. The van der Waals surface area contributed by atoms with Crippen LogP contribution in [0, 0.1) is 0 Å². The maximum Gasteiger partial charge on any atom is 0.221 e. The zero-order chi connectivity index (χ0) is 21.5. The molecule has 0 aromatic heterocycles. The van der Waals surface area contributed by atoms with E-state index in [1.807, 2.05) is 0 Å². The number of phenols is 2. The van der Waals surface area contributed by atoms with Crippen LogP contribution in [0.25, 0.3) is 0 Å². The van der Waals surface area contributed by atoms with Gasteiger partial charge in [0.25, 0.3) is 0 Å². The lowest BCUT2D eigenvalue weighted by atomic mass is 10.2. The molecule has 0 saturated carbocycles. The van der Waals surface area contributed by atoms with E-state index in [-0.39, 0.29) is 23.3 Å². The molecule has 2 aromatic rings. The number of carbonyl (C=O) groups is 2. The topological polar surface area (TPSA) is 120 Å². The van der Waals surface area contributed by atoms with Crippen LogP contribution in [-0.4, -0.2) is 35.2 Å². The second-order valence-corrected chi connectivity index (χ2v) is 6.26. The summed E-state index contributed by atoms with van der Waals surface area (Å²) < 4.78 is 0. The van der Waals surface area contributed by atoms with Crippen LogP contribution in [0.3, 0.4) is 0 Å². The number of hydrogen-bond acceptors (Lipinski definition) is 6. The highest BCUT2D eigenvalue weighted by Crippen LogP contribution is 2.13. The number of aromatic hydroxyl groups is 2. The van der Waals surface area contributed by atoms with Crippen LogP contribution >= 0.6 is 0 Å². The highest BCUT2D eigenvalue weighted by Gasteiger charge is 1.95. The van der Waals surface area contributed by atoms with E-state index in [4.69, 9.17) is 15.1 Å². The van der Waals surface area contributed by atoms with E-state index in [2.05, 4.69) is 16.1 Å². The lowest BCUT2D eigenvalue weighted by Crippen LogP contribution is -2.12. The Morgan fingerprint density at radius 3 is 1.66 bits per heavy atom. The molecule has 1 aliphatic rings. The van der Waals surface area contributed by atoms with Crippen molar-refractivity contribution in [2.75, 3.05) is 23.8 Å². The standard InChI is InChI=1S/2C8H9NO2.C5H11NO/c2*1-6(10)9-7-2-4-8(11)5-3-7;1-2-4-6-7-5-3-1/h2*2-5,11H,1H3,(H,9,10);6H,1-5H2. The third-order valence-corrected chi connectivity index (χ3v) is 3.50. The highest BCUT2D eigenvalue weighted by atomic mass is 16.6. The van der Waals surface area contributed by atoms with Crippen molar-refractivity contribution < 1.29 is 24.6 Å². The lowest BCUT2D eigenvalue weighted by molar-refractivity contribution is -0.115. The van der Waals surface area contributed by atoms with Crippen LogP contribution < -0.4 is 16.1 Å². The smallest absolute Gasteiger partial charge is 0.221 e. The van der Waals surface area contributed by atoms with Crippen molar-refractivity contribution in [1.82, 2.24) is 5.48 Å². The van der Waals surface area contributed by atoms with Gasteiger partial charge < -0.3 is 25.7 Å². The van der Waals surface area contributed by atoms with Crippen LogP contribution in [0.15, 0.2) is 48.5 Å². The van der Waals surface area contributed by atoms with Gasteiger partial charge in [0.1, 0.15) is 11.5 Å². The van der Waals surface area contributed by atoms with Gasteiger partial charge in [-0.1, -0.05) is 0 Å². The summed E-state index contributed by atoms with van der Waals surface area (Å²) in [5.74, 6) is 0.157. The van der Waals surface area contributed by atoms with E-state index >= 15 is 0 Å². The lowest BCUT2D eigenvalue weighted by Gasteiger charge is -1.99. The molecule has 0 spiro atoms. The molecule has 0 bridgehead atoms. The SMILES string of the molecule is C1CCNOCC1.CC(=O)Nc1ccc(O)cc1.CC(=O)Nc1ccc(O)cc1. The van der Waals surface area contributed by atoms with Gasteiger partial charge in [0, 0.05) is 31.8 Å². The van der Waals surface area contributed by atoms with E-state index < -0.39 is 0 Å². The number of hydroxylamine groups is 1. The first-order chi connectivity index (χ1) is 13.9. The fourth-order valence-corrected chi connectivity index (χ4v) is 2.19. The van der Waals surface area contributed by atoms with Crippen molar-refractivity contribution in [2.45, 2.75) is 33.1 Å². The van der Waals surface area contributed by atoms with Gasteiger partial charge >= 0.3 is 0 Å². The van der Waals surface area contributed by atoms with E-state index in [1.165, 1.54) is 57.4 Å². The van der Waals surface area contributed by atoms with E-state index in [1.54, 1.807) is 24.3 Å². The van der Waals surface area contributed by atoms with Gasteiger partial charge in [-0.25, -0.2) is 5.48 Å². The summed E-state index contributed by atoms with van der Waals surface area (Å²) in [7, 11) is 0. The van der Waals surface area contributed by atoms with Crippen LogP contribution in [0.4, 0.5) is 11.4 Å². The Bertz CT molecular complexity index is 656. The molecule has 2 amide bonds. The Morgan fingerprint density at radius 1 is 0.793 bits per heavy atom. The number of phenolic OH excluding ortho intramolecular Hbond substituents is 2. The first kappa shape index (κ1) is 23.9. The predicted molar refractivity (Wildman–Crippen MR) is 113 cm³/mol. The minimum atomic E-state index is -0.115. The van der Waals surface area contributed by atoms with Gasteiger partial charge in [-0.2, -0.15) is 0 Å². The summed E-state index contributed by atoms with van der Waals surface area (Å²) in [4.78, 5) is 26.0. The summed E-state index contributed by atoms with van der Waals surface area (Å²) >= 11 is 0. The van der Waals surface area contributed by atoms with Gasteiger partial charge in [-0.05, 0) is 67.8 Å². The molecule has 1 aliphatic heterocycles. The van der Waals surface area contributed by atoms with Gasteiger partial charge in [0.2, 0.25) is 11.8 Å². The predicted octanol–water partition coefficient (Wildman–Crippen LogP) is 3.39. The van der Waals surface area contributed by atoms with Crippen LogP contribution in [-0.2, 0) is 14.4 Å². The summed E-state index contributed by atoms with van der Waals surface area (Å²) in [6, 6.07) is 12.6. The molecule has 1 saturated heterocycles. The molecule has 8 nitrogen and oxygen atoms in total. The van der Waals surface area contributed by atoms with Crippen molar-refractivity contribution in [2.24, 2.45) is 0 Å². The molecule has 1 fully saturated rings. The normalized spacial score (nSPS) is 12.8. The van der Waals surface area contributed by atoms with E-state index in [9.17, 15) is 9.59 Å². The van der Waals surface area contributed by atoms with Crippen LogP contribution in [0.5, 0.6) is 11.5 Å². The average molecular weight is 403 g/mol. The maximum absolute atomic E-state index is 10.5. The van der Waals surface area contributed by atoms with Crippen molar-refractivity contribution in [3.63, 3.8) is 0 Å². The minimum Gasteiger partial charge on any atom is -0.508 e. The first-order valence-corrected chi connectivity index (χ1v) is 9.34. The van der Waals surface area contributed by atoms with E-state index in [0.717, 1.165) is 13.2 Å². The maximum atomic E-state index is 10.5. The summed E-state index contributed by atoms with van der Waals surface area (Å²) in [5, 5.41) is 22.9. The Kier molecular flexibility index (Phi) is 11.5. The number of hydrogen-bond donors (Lipinski definition) is 5. The first-order valence-electron chi connectivity index (χ1n) is 9.34. The molecular formula is C21H29N3O5. The molecule has 0 atom stereocenters. The van der Waals surface area contributed by atoms with Crippen molar-refractivity contribution in [3.8, 4) is 11.5 Å². The molecule has 3 rings (SSSR count). The van der Waals surface area contributed by atoms with Gasteiger partial charge in [-0.3, -0.25) is 9.59 Å². The molecule has 8 heteroatoms. The number of rotatable bonds is 2. The Labute approximate surface area is 170 Å². The second kappa shape index (κ2) is 14.0. The number of benzene rings is 2. The quantitative estimate of drug-likeness (QED) is 0.490. The van der Waals surface area contributed by atoms with Crippen molar-refractivity contribution in [1.29, 1.82) is 0 Å². The Morgan fingerprint density at radius 2 is 1.24 bits per heavy atom. The largest absolute Gasteiger partial charge is 0.508 e. The zero-order valence-electron chi connectivity index (χ0n) is 16.8. The fraction of sp³-hybridized carbons (Fsp3) is 0.333. The third-order valence-electron chi connectivity index (χ3n) is 3.50. The molecule has 0 radical (unpaired) electrons. The molecule has 158 valence electrons. The number of anilines is 2. The van der Waals surface area contributed by atoms with E-state index in [0.29, 0.717) is 11.4 Å². The average Bonchev–Trinajstić information content (AvgIpc) is 2.99. The molecule has 5 N–H and O–H groups in total. The summed E-state index contributed by atoms with van der Waals surface area (Å²) in [6.45, 7) is 4.79. The fourth-order valence-electron chi connectivity index (χ4n) is 2.19. The Hall–Kier alpha value is -3.10. The monoisotopic (exact) mass is 403 g/mol. The minimum absolute atomic E-state index is 0.115. The molecule has 2 aromatic carbocycles. The molecule has 29 heavy (non-hydrogen) atoms. The number of carbonyl (C=O) groups excluding carboxylic acids is 2. The van der Waals surface area contributed by atoms with Gasteiger partial charge in [-0.15, -0.1) is 0 Å². The van der Waals surface area contributed by atoms with Crippen LogP contribution in [0.2, 0.25) is 0 Å². The number of amides is 2. The molecular weight excluding hydrogens is 374 g/mol. The summed E-state index contributed by atoms with van der Waals surface area (Å²) in [5.41, 5.74) is 4.23. The zero-order valence-corrected chi connectivity index (χ0v) is 16.8. The second-order valence-electron chi connectivity index (χ2n) is 6.26. The third kappa shape index (κ3) is 12.8. The van der Waals surface area contributed by atoms with Crippen LogP contribution in [0.1, 0.15) is 33.1 Å². The molecule has 0 aliphatic carbocycles. The molecule has 0 unspecified atom stereocenters. The Balaban J connectivity index is 0.000000223. The van der Waals surface area contributed by atoms with Crippen molar-refractivity contribution in [3.05, 3.63) is 48.5 Å². The highest BCUT2D eigenvalue weighted by molar-refractivity contribution is 5.89. The summed E-state index contributed by atoms with van der Waals surface area (Å²) in [6.07, 6.45) is 3.79.